The van der Waals surface area contributed by atoms with E-state index in [2.05, 4.69) is 0 Å². The average Bonchev–Trinajstić information content (AvgIpc) is 2.39. The highest BCUT2D eigenvalue weighted by atomic mass is 16.6. The Kier molecular flexibility index (Phi) is 8.66. The van der Waals surface area contributed by atoms with Gasteiger partial charge in [-0.05, 0) is 47.1 Å². The van der Waals surface area contributed by atoms with Gasteiger partial charge in [-0.2, -0.15) is 0 Å². The van der Waals surface area contributed by atoms with E-state index in [-0.39, 0.29) is 6.61 Å². The van der Waals surface area contributed by atoms with Gasteiger partial charge in [-0.1, -0.05) is 0 Å². The van der Waals surface area contributed by atoms with Crippen LogP contribution in [0, 0.1) is 0 Å². The van der Waals surface area contributed by atoms with Gasteiger partial charge in [0, 0.05) is 0 Å². The molecule has 0 spiro atoms. The number of carbonyl (C=O) groups excluding carboxylic acids is 3. The summed E-state index contributed by atoms with van der Waals surface area (Å²) in [6.07, 6.45) is -0.0693. The minimum atomic E-state index is -0.925. The van der Waals surface area contributed by atoms with Gasteiger partial charge in [0.15, 0.2) is 0 Å². The molecule has 0 aliphatic carbocycles. The molecule has 0 aromatic heterocycles. The molecule has 0 fully saturated rings. The van der Waals surface area contributed by atoms with E-state index in [1.807, 2.05) is 0 Å². The number of ether oxygens (including phenoxy) is 2. The normalized spacial score (nSPS) is 12.5. The number of nitrogens with two attached hydrogens (primary N) is 2. The molecule has 0 bridgehead atoms. The number of amides is 2. The quantitative estimate of drug-likeness (QED) is 0.650. The molecule has 0 aromatic carbocycles. The molecule has 0 aliphatic rings. The first-order valence-electron chi connectivity index (χ1n) is 7.28. The van der Waals surface area contributed by atoms with Gasteiger partial charge in [0.05, 0.1) is 12.6 Å². The Labute approximate surface area is 131 Å². The smallest absolute Gasteiger partial charge is 0.417 e. The summed E-state index contributed by atoms with van der Waals surface area (Å²) in [6.45, 7) is 6.60. The number of rotatable bonds is 7. The van der Waals surface area contributed by atoms with Crippen molar-refractivity contribution in [3.8, 4) is 0 Å². The largest absolute Gasteiger partial charge is 0.465 e. The molecule has 0 aromatic rings. The Hall–Kier alpha value is -1.67. The second-order valence-electron chi connectivity index (χ2n) is 5.75. The summed E-state index contributed by atoms with van der Waals surface area (Å²) in [7, 11) is 0. The van der Waals surface area contributed by atoms with E-state index in [4.69, 9.17) is 20.9 Å². The van der Waals surface area contributed by atoms with E-state index >= 15 is 0 Å². The van der Waals surface area contributed by atoms with Gasteiger partial charge in [0.2, 0.25) is 5.91 Å². The van der Waals surface area contributed by atoms with E-state index in [9.17, 15) is 14.4 Å². The summed E-state index contributed by atoms with van der Waals surface area (Å²) >= 11 is 0. The fourth-order valence-corrected chi connectivity index (χ4v) is 1.55. The Bertz CT molecular complexity index is 392. The predicted octanol–water partition coefficient (Wildman–Crippen LogP) is 0.379. The minimum absolute atomic E-state index is 0.147. The first kappa shape index (κ1) is 20.3. The van der Waals surface area contributed by atoms with Gasteiger partial charge in [-0.15, -0.1) is 0 Å². The van der Waals surface area contributed by atoms with Crippen molar-refractivity contribution in [2.45, 2.75) is 52.2 Å². The fourth-order valence-electron chi connectivity index (χ4n) is 1.55. The summed E-state index contributed by atoms with van der Waals surface area (Å²) in [6, 6.07) is -0.925. The highest BCUT2D eigenvalue weighted by Crippen LogP contribution is 2.11. The molecule has 128 valence electrons. The van der Waals surface area contributed by atoms with E-state index < -0.39 is 36.2 Å². The Morgan fingerprint density at radius 2 is 1.82 bits per heavy atom. The number of imide groups is 1. The van der Waals surface area contributed by atoms with Crippen molar-refractivity contribution in [1.82, 2.24) is 4.90 Å². The molecule has 2 amide bonds. The van der Waals surface area contributed by atoms with Gasteiger partial charge in [-0.25, -0.2) is 9.69 Å². The van der Waals surface area contributed by atoms with Crippen LogP contribution in [-0.2, 0) is 19.1 Å². The molecule has 0 saturated carbocycles. The summed E-state index contributed by atoms with van der Waals surface area (Å²) in [5.74, 6) is -1.39. The van der Waals surface area contributed by atoms with Crippen LogP contribution in [0.3, 0.4) is 0 Å². The number of hydrogen-bond donors (Lipinski definition) is 2. The highest BCUT2D eigenvalue weighted by Gasteiger charge is 2.32. The van der Waals surface area contributed by atoms with Crippen molar-refractivity contribution < 1.29 is 23.9 Å². The maximum atomic E-state index is 12.3. The van der Waals surface area contributed by atoms with Crippen LogP contribution >= 0.6 is 0 Å². The first-order valence-corrected chi connectivity index (χ1v) is 7.28. The van der Waals surface area contributed by atoms with Crippen LogP contribution in [0.1, 0.15) is 40.5 Å². The molecular formula is C14H27N3O5. The van der Waals surface area contributed by atoms with Crippen LogP contribution in [-0.4, -0.2) is 54.2 Å². The molecule has 0 radical (unpaired) electrons. The van der Waals surface area contributed by atoms with E-state index in [1.54, 1.807) is 27.7 Å². The standard InChI is InChI=1S/C14H27N3O5/c1-5-21-11(18)9-17(13(20)22-14(2,3)4)12(19)10(16)7-6-8-15/h10H,5-9,15-16H2,1-4H3/t10-/m0/s1. The molecule has 22 heavy (non-hydrogen) atoms. The first-order chi connectivity index (χ1) is 10.1. The van der Waals surface area contributed by atoms with Gasteiger partial charge >= 0.3 is 12.1 Å². The van der Waals surface area contributed by atoms with Crippen molar-refractivity contribution in [1.29, 1.82) is 0 Å². The lowest BCUT2D eigenvalue weighted by atomic mass is 10.1. The lowest BCUT2D eigenvalue weighted by molar-refractivity contribution is -0.148. The van der Waals surface area contributed by atoms with Crippen LogP contribution in [0.5, 0.6) is 0 Å². The monoisotopic (exact) mass is 317 g/mol. The molecule has 8 nitrogen and oxygen atoms in total. The average molecular weight is 317 g/mol. The van der Waals surface area contributed by atoms with Crippen molar-refractivity contribution in [2.75, 3.05) is 19.7 Å². The zero-order chi connectivity index (χ0) is 17.3. The Morgan fingerprint density at radius 1 is 1.23 bits per heavy atom. The third-order valence-electron chi connectivity index (χ3n) is 2.51. The minimum Gasteiger partial charge on any atom is -0.465 e. The van der Waals surface area contributed by atoms with E-state index in [1.165, 1.54) is 0 Å². The molecule has 0 unspecified atom stereocenters. The zero-order valence-corrected chi connectivity index (χ0v) is 13.8. The highest BCUT2D eigenvalue weighted by molar-refractivity contribution is 5.97. The maximum absolute atomic E-state index is 12.3. The summed E-state index contributed by atoms with van der Waals surface area (Å²) < 4.78 is 9.90. The molecule has 0 saturated heterocycles. The number of carbonyl (C=O) groups is 3. The molecule has 8 heteroatoms. The van der Waals surface area contributed by atoms with Gasteiger partial charge in [0.25, 0.3) is 0 Å². The molecule has 1 atom stereocenters. The third kappa shape index (κ3) is 7.94. The molecule has 4 N–H and O–H groups in total. The van der Waals surface area contributed by atoms with Gasteiger partial charge in [0.1, 0.15) is 12.1 Å². The molecule has 0 aliphatic heterocycles. The second-order valence-corrected chi connectivity index (χ2v) is 5.75. The SMILES string of the molecule is CCOC(=O)CN(C(=O)OC(C)(C)C)C(=O)[C@@H](N)CCCN. The molecular weight excluding hydrogens is 290 g/mol. The third-order valence-corrected chi connectivity index (χ3v) is 2.51. The summed E-state index contributed by atoms with van der Waals surface area (Å²) in [5.41, 5.74) is 10.3. The Morgan fingerprint density at radius 3 is 2.27 bits per heavy atom. The van der Waals surface area contributed by atoms with Gasteiger partial charge < -0.3 is 20.9 Å². The van der Waals surface area contributed by atoms with Crippen LogP contribution in [0.2, 0.25) is 0 Å². The van der Waals surface area contributed by atoms with E-state index in [0.717, 1.165) is 0 Å². The lowest BCUT2D eigenvalue weighted by Gasteiger charge is -2.27. The van der Waals surface area contributed by atoms with Crippen molar-refractivity contribution >= 4 is 18.0 Å². The van der Waals surface area contributed by atoms with Crippen molar-refractivity contribution in [3.63, 3.8) is 0 Å². The van der Waals surface area contributed by atoms with E-state index in [0.29, 0.717) is 24.3 Å². The summed E-state index contributed by atoms with van der Waals surface area (Å²) in [5, 5.41) is 0. The number of esters is 1. The van der Waals surface area contributed by atoms with Crippen LogP contribution in [0.15, 0.2) is 0 Å². The lowest BCUT2D eigenvalue weighted by Crippen LogP contribution is -2.50. The fraction of sp³-hybridized carbons (Fsp3) is 0.786. The number of nitrogens with zero attached hydrogens (tertiary/aromatic N) is 1. The van der Waals surface area contributed by atoms with Crippen molar-refractivity contribution in [3.05, 3.63) is 0 Å². The summed E-state index contributed by atoms with van der Waals surface area (Å²) in [4.78, 5) is 36.6. The maximum Gasteiger partial charge on any atom is 0.417 e. The van der Waals surface area contributed by atoms with Crippen LogP contribution in [0.25, 0.3) is 0 Å². The van der Waals surface area contributed by atoms with Crippen LogP contribution in [0.4, 0.5) is 4.79 Å². The second kappa shape index (κ2) is 9.37. The molecule has 0 heterocycles. The molecule has 0 rings (SSSR count). The predicted molar refractivity (Wildman–Crippen MR) is 80.8 cm³/mol. The Balaban J connectivity index is 5.02. The van der Waals surface area contributed by atoms with Gasteiger partial charge in [-0.3, -0.25) is 9.59 Å². The van der Waals surface area contributed by atoms with Crippen LogP contribution < -0.4 is 11.5 Å². The van der Waals surface area contributed by atoms with Crippen molar-refractivity contribution in [2.24, 2.45) is 11.5 Å². The topological polar surface area (TPSA) is 125 Å². The number of hydrogen-bond acceptors (Lipinski definition) is 7. The zero-order valence-electron chi connectivity index (χ0n) is 13.8.